The van der Waals surface area contributed by atoms with Gasteiger partial charge in [0.25, 0.3) is 5.56 Å². The summed E-state index contributed by atoms with van der Waals surface area (Å²) >= 11 is 6.25. The maximum absolute atomic E-state index is 13.1. The molecule has 1 fully saturated rings. The summed E-state index contributed by atoms with van der Waals surface area (Å²) in [6.07, 6.45) is 4.85. The number of oxime groups is 1. The predicted octanol–water partition coefficient (Wildman–Crippen LogP) is 3.89. The van der Waals surface area contributed by atoms with Crippen LogP contribution >= 0.6 is 11.6 Å². The van der Waals surface area contributed by atoms with E-state index in [4.69, 9.17) is 25.9 Å². The highest BCUT2D eigenvalue weighted by molar-refractivity contribution is 6.31. The molecule has 0 amide bonds. The SMILES string of the molecule is COc1cn(C(CC2CCCCO2)C(=O)O)c(=O)cc1-c1cc(Cl)ccc1C1=NOCC1. The van der Waals surface area contributed by atoms with E-state index < -0.39 is 17.6 Å². The molecule has 8 nitrogen and oxygen atoms in total. The van der Waals surface area contributed by atoms with Crippen LogP contribution in [-0.2, 0) is 14.4 Å². The fourth-order valence-electron chi connectivity index (χ4n) is 4.21. The van der Waals surface area contributed by atoms with Gasteiger partial charge in [-0.3, -0.25) is 9.36 Å². The van der Waals surface area contributed by atoms with Gasteiger partial charge in [0.15, 0.2) is 0 Å². The number of aromatic nitrogens is 1. The Morgan fingerprint density at radius 2 is 2.12 bits per heavy atom. The van der Waals surface area contributed by atoms with Crippen molar-refractivity contribution in [3.8, 4) is 16.9 Å². The summed E-state index contributed by atoms with van der Waals surface area (Å²) in [6, 6.07) is 5.65. The zero-order valence-corrected chi connectivity index (χ0v) is 18.5. The molecule has 2 aromatic rings. The predicted molar refractivity (Wildman–Crippen MR) is 120 cm³/mol. The van der Waals surface area contributed by atoms with E-state index in [0.29, 0.717) is 41.5 Å². The van der Waals surface area contributed by atoms with Crippen molar-refractivity contribution in [2.75, 3.05) is 20.3 Å². The summed E-state index contributed by atoms with van der Waals surface area (Å²) in [5.74, 6) is -0.722. The number of methoxy groups -OCH3 is 1. The van der Waals surface area contributed by atoms with Crippen LogP contribution in [0.4, 0.5) is 0 Å². The van der Waals surface area contributed by atoms with Crippen LogP contribution in [-0.4, -0.2) is 47.8 Å². The highest BCUT2D eigenvalue weighted by Crippen LogP contribution is 2.35. The summed E-state index contributed by atoms with van der Waals surface area (Å²) in [6.45, 7) is 1.10. The molecule has 2 atom stereocenters. The van der Waals surface area contributed by atoms with Gasteiger partial charge in [0.2, 0.25) is 0 Å². The van der Waals surface area contributed by atoms with E-state index in [-0.39, 0.29) is 12.5 Å². The van der Waals surface area contributed by atoms with Gasteiger partial charge < -0.3 is 19.4 Å². The molecule has 2 unspecified atom stereocenters. The van der Waals surface area contributed by atoms with E-state index in [1.165, 1.54) is 23.9 Å². The van der Waals surface area contributed by atoms with Crippen LogP contribution in [0.2, 0.25) is 5.02 Å². The summed E-state index contributed by atoms with van der Waals surface area (Å²) in [4.78, 5) is 30.3. The van der Waals surface area contributed by atoms with Gasteiger partial charge in [0.1, 0.15) is 18.4 Å². The van der Waals surface area contributed by atoms with Crippen LogP contribution in [0.5, 0.6) is 5.75 Å². The molecule has 9 heteroatoms. The number of carboxylic acids is 1. The van der Waals surface area contributed by atoms with Crippen molar-refractivity contribution in [1.29, 1.82) is 0 Å². The average Bonchev–Trinajstić information content (AvgIpc) is 3.33. The van der Waals surface area contributed by atoms with Crippen LogP contribution in [0.15, 0.2) is 40.4 Å². The number of carboxylic acid groups (broad SMARTS) is 1. The topological polar surface area (TPSA) is 99.3 Å². The van der Waals surface area contributed by atoms with Crippen molar-refractivity contribution >= 4 is 23.3 Å². The number of halogens is 1. The molecule has 3 heterocycles. The lowest BCUT2D eigenvalue weighted by atomic mass is 9.95. The molecule has 0 saturated carbocycles. The number of hydrogen-bond acceptors (Lipinski definition) is 6. The van der Waals surface area contributed by atoms with Crippen molar-refractivity contribution in [1.82, 2.24) is 4.57 Å². The van der Waals surface area contributed by atoms with Crippen molar-refractivity contribution in [2.24, 2.45) is 5.16 Å². The van der Waals surface area contributed by atoms with Gasteiger partial charge in [-0.15, -0.1) is 0 Å². The summed E-state index contributed by atoms with van der Waals surface area (Å²) in [5.41, 5.74) is 2.28. The van der Waals surface area contributed by atoms with Crippen LogP contribution in [0, 0.1) is 0 Å². The molecular formula is C23H25ClN2O6. The monoisotopic (exact) mass is 460 g/mol. The third-order valence-electron chi connectivity index (χ3n) is 5.83. The quantitative estimate of drug-likeness (QED) is 0.673. The summed E-state index contributed by atoms with van der Waals surface area (Å²) in [5, 5.41) is 14.4. The molecule has 2 aliphatic rings. The normalized spacial score (nSPS) is 19.2. The van der Waals surface area contributed by atoms with Gasteiger partial charge in [-0.05, 0) is 37.0 Å². The first kappa shape index (κ1) is 22.4. The fourth-order valence-corrected chi connectivity index (χ4v) is 4.38. The molecule has 0 spiro atoms. The standard InChI is InChI=1S/C23H25ClN2O6/c1-30-21-13-26(20(23(28)29)11-15-4-2-3-8-31-15)22(27)12-18(21)17-10-14(24)5-6-16(17)19-7-9-32-25-19/h5-6,10,12-13,15,20H,2-4,7-9,11H2,1H3,(H,28,29). The van der Waals surface area contributed by atoms with E-state index in [2.05, 4.69) is 5.16 Å². The molecule has 2 aliphatic heterocycles. The van der Waals surface area contributed by atoms with Gasteiger partial charge in [0.05, 0.1) is 25.1 Å². The Kier molecular flexibility index (Phi) is 6.81. The molecule has 4 rings (SSSR count). The first-order valence-electron chi connectivity index (χ1n) is 10.6. The van der Waals surface area contributed by atoms with E-state index >= 15 is 0 Å². The largest absolute Gasteiger partial charge is 0.495 e. The van der Waals surface area contributed by atoms with Crippen LogP contribution in [0.3, 0.4) is 0 Å². The smallest absolute Gasteiger partial charge is 0.326 e. The summed E-state index contributed by atoms with van der Waals surface area (Å²) < 4.78 is 12.5. The molecule has 0 bridgehead atoms. The maximum atomic E-state index is 13.1. The molecule has 1 aromatic carbocycles. The van der Waals surface area contributed by atoms with Crippen molar-refractivity contribution in [2.45, 2.75) is 44.2 Å². The first-order valence-corrected chi connectivity index (χ1v) is 11.0. The molecule has 0 radical (unpaired) electrons. The van der Waals surface area contributed by atoms with E-state index in [1.807, 2.05) is 6.07 Å². The number of carbonyl (C=O) groups is 1. The van der Waals surface area contributed by atoms with E-state index in [0.717, 1.165) is 30.5 Å². The Bertz CT molecular complexity index is 1090. The number of pyridine rings is 1. The van der Waals surface area contributed by atoms with Gasteiger partial charge in [-0.25, -0.2) is 4.79 Å². The van der Waals surface area contributed by atoms with E-state index in [1.54, 1.807) is 12.1 Å². The lowest BCUT2D eigenvalue weighted by molar-refractivity contribution is -0.142. The van der Waals surface area contributed by atoms with Crippen molar-refractivity contribution < 1.29 is 24.2 Å². The third kappa shape index (κ3) is 4.66. The van der Waals surface area contributed by atoms with Gasteiger partial charge in [0, 0.05) is 41.7 Å². The highest BCUT2D eigenvalue weighted by atomic mass is 35.5. The lowest BCUT2D eigenvalue weighted by Gasteiger charge is -2.26. The molecular weight excluding hydrogens is 436 g/mol. The minimum Gasteiger partial charge on any atom is -0.495 e. The van der Waals surface area contributed by atoms with Crippen molar-refractivity contribution in [3.05, 3.63) is 51.4 Å². The number of benzene rings is 1. The van der Waals surface area contributed by atoms with Crippen LogP contribution < -0.4 is 10.3 Å². The van der Waals surface area contributed by atoms with Crippen molar-refractivity contribution in [3.63, 3.8) is 0 Å². The van der Waals surface area contributed by atoms with Gasteiger partial charge >= 0.3 is 5.97 Å². The molecule has 170 valence electrons. The number of ether oxygens (including phenoxy) is 2. The minimum atomic E-state index is -1.09. The second kappa shape index (κ2) is 9.75. The lowest BCUT2D eigenvalue weighted by Crippen LogP contribution is -2.33. The Hall–Kier alpha value is -2.84. The van der Waals surface area contributed by atoms with Gasteiger partial charge in [-0.1, -0.05) is 22.8 Å². The second-order valence-corrected chi connectivity index (χ2v) is 8.33. The molecule has 1 N–H and O–H groups in total. The fraction of sp³-hybridized carbons (Fsp3) is 0.435. The Morgan fingerprint density at radius 1 is 1.28 bits per heavy atom. The first-order chi connectivity index (χ1) is 15.5. The molecule has 0 aliphatic carbocycles. The van der Waals surface area contributed by atoms with Crippen LogP contribution in [0.1, 0.15) is 43.7 Å². The highest BCUT2D eigenvalue weighted by Gasteiger charge is 2.28. The van der Waals surface area contributed by atoms with E-state index in [9.17, 15) is 14.7 Å². The van der Waals surface area contributed by atoms with Crippen LogP contribution in [0.25, 0.3) is 11.1 Å². The number of hydrogen-bond donors (Lipinski definition) is 1. The maximum Gasteiger partial charge on any atom is 0.326 e. The zero-order chi connectivity index (χ0) is 22.7. The molecule has 1 saturated heterocycles. The zero-order valence-electron chi connectivity index (χ0n) is 17.8. The molecule has 32 heavy (non-hydrogen) atoms. The second-order valence-electron chi connectivity index (χ2n) is 7.89. The average molecular weight is 461 g/mol. The Labute approximate surface area is 190 Å². The minimum absolute atomic E-state index is 0.192. The molecule has 1 aromatic heterocycles. The Morgan fingerprint density at radius 3 is 2.78 bits per heavy atom. The number of nitrogens with zero attached hydrogens (tertiary/aromatic N) is 2. The number of aliphatic carboxylic acids is 1. The van der Waals surface area contributed by atoms with Gasteiger partial charge in [-0.2, -0.15) is 0 Å². The summed E-state index contributed by atoms with van der Waals surface area (Å²) in [7, 11) is 1.48. The number of rotatable bonds is 7. The Balaban J connectivity index is 1.77. The third-order valence-corrected chi connectivity index (χ3v) is 6.07.